The van der Waals surface area contributed by atoms with Gasteiger partial charge in [-0.15, -0.1) is 11.3 Å². The van der Waals surface area contributed by atoms with E-state index in [-0.39, 0.29) is 4.90 Å². The number of halogens is 2. The number of thiophene rings is 1. The van der Waals surface area contributed by atoms with Crippen molar-refractivity contribution in [3.63, 3.8) is 0 Å². The first-order chi connectivity index (χ1) is 5.97. The molecule has 0 saturated heterocycles. The van der Waals surface area contributed by atoms with Gasteiger partial charge >= 0.3 is 0 Å². The van der Waals surface area contributed by atoms with E-state index >= 15 is 0 Å². The number of hydrogen-bond donors (Lipinski definition) is 0. The Morgan fingerprint density at radius 3 is 2.54 bits per heavy atom. The highest BCUT2D eigenvalue weighted by Crippen LogP contribution is 2.35. The number of rotatable bonds is 2. The predicted octanol–water partition coefficient (Wildman–Crippen LogP) is 3.27. The molecule has 5 nitrogen and oxygen atoms in total. The minimum absolute atomic E-state index is 0.0258. The monoisotopic (exact) mass is 345 g/mol. The fraction of sp³-hybridized carbons (Fsp3) is 0. The molecular weight excluding hydrogens is 346 g/mol. The molecule has 9 heteroatoms. The number of azide groups is 1. The lowest BCUT2D eigenvalue weighted by atomic mass is 10.7. The van der Waals surface area contributed by atoms with Crippen molar-refractivity contribution in [2.24, 2.45) is 4.52 Å². The van der Waals surface area contributed by atoms with Crippen LogP contribution in [0.5, 0.6) is 0 Å². The van der Waals surface area contributed by atoms with Gasteiger partial charge in [0.1, 0.15) is 4.90 Å². The maximum Gasteiger partial charge on any atom is 0.266 e. The molecule has 0 bridgehead atoms. The van der Waals surface area contributed by atoms with E-state index in [9.17, 15) is 8.42 Å². The topological polar surface area (TPSA) is 82.9 Å². The van der Waals surface area contributed by atoms with Gasteiger partial charge in [0.05, 0.1) is 7.57 Å². The van der Waals surface area contributed by atoms with Crippen LogP contribution in [0.1, 0.15) is 0 Å². The Morgan fingerprint density at radius 1 is 1.54 bits per heavy atom. The Bertz CT molecular complexity index is 474. The molecule has 0 spiro atoms. The van der Waals surface area contributed by atoms with Crippen molar-refractivity contribution in [2.75, 3.05) is 0 Å². The summed E-state index contributed by atoms with van der Waals surface area (Å²) in [7, 11) is -3.88. The Balaban J connectivity index is 3.38. The average Bonchev–Trinajstić information content (AvgIpc) is 2.30. The summed E-state index contributed by atoms with van der Waals surface area (Å²) in [6, 6.07) is 1.37. The van der Waals surface area contributed by atoms with Crippen molar-refractivity contribution in [2.45, 2.75) is 4.90 Å². The lowest BCUT2D eigenvalue weighted by molar-refractivity contribution is 0.597. The van der Waals surface area contributed by atoms with Crippen molar-refractivity contribution in [3.05, 3.63) is 24.1 Å². The zero-order valence-electron chi connectivity index (χ0n) is 5.81. The standard InChI is InChI=1S/C4HBr2N3O2S2/c5-3-1-2(4(6)12-3)13(10,11)9-8-7/h1H. The van der Waals surface area contributed by atoms with Crippen LogP contribution in [-0.4, -0.2) is 8.42 Å². The van der Waals surface area contributed by atoms with E-state index in [1.807, 2.05) is 0 Å². The van der Waals surface area contributed by atoms with Crippen molar-refractivity contribution in [1.29, 1.82) is 0 Å². The van der Waals surface area contributed by atoms with E-state index in [2.05, 4.69) is 41.3 Å². The van der Waals surface area contributed by atoms with Crippen LogP contribution in [0.2, 0.25) is 0 Å². The van der Waals surface area contributed by atoms with E-state index in [1.54, 1.807) is 0 Å². The first kappa shape index (κ1) is 11.0. The molecule has 0 N–H and O–H groups in total. The summed E-state index contributed by atoms with van der Waals surface area (Å²) in [6.45, 7) is 0. The summed E-state index contributed by atoms with van der Waals surface area (Å²) in [6.07, 6.45) is 0. The van der Waals surface area contributed by atoms with Gasteiger partial charge in [0.2, 0.25) is 0 Å². The minimum atomic E-state index is -3.88. The molecule has 0 radical (unpaired) electrons. The number of hydrogen-bond acceptors (Lipinski definition) is 3. The molecule has 0 saturated carbocycles. The summed E-state index contributed by atoms with van der Waals surface area (Å²) in [5.41, 5.74) is 8.02. The third-order valence-corrected chi connectivity index (χ3v) is 4.94. The SMILES string of the molecule is [N-]=[N+]=NS(=O)(=O)c1cc(Br)sc1Br. The largest absolute Gasteiger partial charge is 0.266 e. The van der Waals surface area contributed by atoms with Crippen LogP contribution in [0, 0.1) is 0 Å². The molecule has 0 fully saturated rings. The van der Waals surface area contributed by atoms with Gasteiger partial charge in [-0.1, -0.05) is 0 Å². The van der Waals surface area contributed by atoms with E-state index < -0.39 is 10.0 Å². The molecule has 1 aromatic rings. The third-order valence-electron chi connectivity index (χ3n) is 1.05. The van der Waals surface area contributed by atoms with Crippen LogP contribution in [0.15, 0.2) is 23.1 Å². The number of sulfonamides is 1. The maximum absolute atomic E-state index is 11.2. The summed E-state index contributed by atoms with van der Waals surface area (Å²) < 4.78 is 26.2. The smallest absolute Gasteiger partial charge is 0.216 e. The van der Waals surface area contributed by atoms with E-state index in [4.69, 9.17) is 5.53 Å². The van der Waals surface area contributed by atoms with Gasteiger partial charge in [-0.05, 0) is 43.5 Å². The first-order valence-corrected chi connectivity index (χ1v) is 6.58. The van der Waals surface area contributed by atoms with E-state index in [0.717, 1.165) is 0 Å². The minimum Gasteiger partial charge on any atom is -0.216 e. The Hall–Kier alpha value is -0.0800. The van der Waals surface area contributed by atoms with Gasteiger partial charge in [-0.2, -0.15) is 0 Å². The normalized spacial score (nSPS) is 10.9. The van der Waals surface area contributed by atoms with Crippen LogP contribution < -0.4 is 0 Å². The maximum atomic E-state index is 11.2. The summed E-state index contributed by atoms with van der Waals surface area (Å²) in [5, 5.41) is 0. The van der Waals surface area contributed by atoms with Crippen LogP contribution in [0.4, 0.5) is 0 Å². The Kier molecular flexibility index (Phi) is 3.36. The van der Waals surface area contributed by atoms with Crippen molar-refractivity contribution in [3.8, 4) is 0 Å². The fourth-order valence-corrected chi connectivity index (χ4v) is 5.04. The van der Waals surface area contributed by atoms with Crippen LogP contribution in [0.3, 0.4) is 0 Å². The van der Waals surface area contributed by atoms with Crippen LogP contribution >= 0.6 is 43.2 Å². The van der Waals surface area contributed by atoms with Gasteiger partial charge < -0.3 is 0 Å². The highest BCUT2D eigenvalue weighted by Gasteiger charge is 2.18. The molecule has 0 aliphatic carbocycles. The molecule has 70 valence electrons. The van der Waals surface area contributed by atoms with Crippen molar-refractivity contribution in [1.82, 2.24) is 0 Å². The zero-order valence-corrected chi connectivity index (χ0v) is 10.6. The molecule has 1 aromatic heterocycles. The zero-order chi connectivity index (χ0) is 10.1. The highest BCUT2D eigenvalue weighted by atomic mass is 79.9. The predicted molar refractivity (Wildman–Crippen MR) is 56.1 cm³/mol. The van der Waals surface area contributed by atoms with Gasteiger partial charge in [-0.25, -0.2) is 8.42 Å². The fourth-order valence-electron chi connectivity index (χ4n) is 0.593. The van der Waals surface area contributed by atoms with Crippen molar-refractivity contribution >= 4 is 53.2 Å². The molecule has 1 heterocycles. The molecule has 0 atom stereocenters. The van der Waals surface area contributed by atoms with Gasteiger partial charge in [0.25, 0.3) is 10.0 Å². The van der Waals surface area contributed by atoms with Gasteiger partial charge in [-0.3, -0.25) is 0 Å². The average molecular weight is 347 g/mol. The molecule has 0 amide bonds. The lowest BCUT2D eigenvalue weighted by Gasteiger charge is -1.90. The van der Waals surface area contributed by atoms with Gasteiger partial charge in [0.15, 0.2) is 0 Å². The molecule has 0 aliphatic heterocycles. The Labute approximate surface area is 94.7 Å². The van der Waals surface area contributed by atoms with Crippen LogP contribution in [0.25, 0.3) is 10.4 Å². The summed E-state index contributed by atoms with van der Waals surface area (Å²) in [4.78, 5) is 2.21. The molecule has 13 heavy (non-hydrogen) atoms. The highest BCUT2D eigenvalue weighted by molar-refractivity contribution is 9.12. The van der Waals surface area contributed by atoms with Crippen molar-refractivity contribution < 1.29 is 8.42 Å². The molecule has 0 unspecified atom stereocenters. The molecule has 0 aliphatic rings. The Morgan fingerprint density at radius 2 is 2.15 bits per heavy atom. The van der Waals surface area contributed by atoms with E-state index in [0.29, 0.717) is 7.57 Å². The first-order valence-electron chi connectivity index (χ1n) is 2.73. The van der Waals surface area contributed by atoms with E-state index in [1.165, 1.54) is 17.4 Å². The quantitative estimate of drug-likeness (QED) is 0.467. The third kappa shape index (κ3) is 2.44. The molecule has 1 rings (SSSR count). The second-order valence-corrected chi connectivity index (χ2v) is 7.14. The van der Waals surface area contributed by atoms with Gasteiger partial charge in [0, 0.05) is 9.43 Å². The molecule has 0 aromatic carbocycles. The molecular formula is C4HBr2N3O2S2. The summed E-state index contributed by atoms with van der Waals surface area (Å²) >= 11 is 7.36. The summed E-state index contributed by atoms with van der Waals surface area (Å²) in [5.74, 6) is 0. The van der Waals surface area contributed by atoms with Crippen LogP contribution in [-0.2, 0) is 10.0 Å². The second kappa shape index (κ2) is 3.97. The lowest BCUT2D eigenvalue weighted by Crippen LogP contribution is -1.92. The number of nitrogens with zero attached hydrogens (tertiary/aromatic N) is 3. The second-order valence-electron chi connectivity index (χ2n) is 1.83.